The van der Waals surface area contributed by atoms with Crippen LogP contribution in [-0.2, 0) is 4.79 Å². The van der Waals surface area contributed by atoms with Gasteiger partial charge in [-0.1, -0.05) is 15.9 Å². The zero-order chi connectivity index (χ0) is 6.15. The molecular formula is C6H9BrO. The van der Waals surface area contributed by atoms with Gasteiger partial charge in [0.15, 0.2) is 0 Å². The minimum atomic E-state index is 0.0787. The first-order valence-corrected chi connectivity index (χ1v) is 3.81. The smallest absolute Gasteiger partial charge is 0.149 e. The van der Waals surface area contributed by atoms with Crippen molar-refractivity contribution in [3.63, 3.8) is 0 Å². The Hall–Kier alpha value is 0.150. The maximum atomic E-state index is 10.9. The normalized spacial score (nSPS) is 22.8. The summed E-state index contributed by atoms with van der Waals surface area (Å²) in [5.74, 6) is 0.786. The summed E-state index contributed by atoms with van der Waals surface area (Å²) in [7, 11) is 0. The van der Waals surface area contributed by atoms with E-state index < -0.39 is 0 Å². The summed E-state index contributed by atoms with van der Waals surface area (Å²) in [4.78, 5) is 10.9. The summed E-state index contributed by atoms with van der Waals surface area (Å²) in [6.45, 7) is 1.89. The van der Waals surface area contributed by atoms with Crippen molar-refractivity contribution in [2.75, 3.05) is 0 Å². The molecule has 1 nitrogen and oxygen atoms in total. The fourth-order valence-electron chi connectivity index (χ4n) is 0.693. The van der Waals surface area contributed by atoms with Gasteiger partial charge in [0.1, 0.15) is 5.78 Å². The largest absolute Gasteiger partial charge is 0.298 e. The monoisotopic (exact) mass is 176 g/mol. The van der Waals surface area contributed by atoms with E-state index in [1.54, 1.807) is 0 Å². The molecular weight excluding hydrogens is 168 g/mol. The Morgan fingerprint density at radius 3 is 2.38 bits per heavy atom. The Bertz CT molecular complexity index is 101. The van der Waals surface area contributed by atoms with Crippen LogP contribution < -0.4 is 0 Å². The molecule has 0 aliphatic heterocycles. The van der Waals surface area contributed by atoms with Gasteiger partial charge >= 0.3 is 0 Å². The van der Waals surface area contributed by atoms with Crippen molar-refractivity contribution in [2.45, 2.75) is 24.6 Å². The zero-order valence-corrected chi connectivity index (χ0v) is 6.44. The highest BCUT2D eigenvalue weighted by Crippen LogP contribution is 2.32. The highest BCUT2D eigenvalue weighted by molar-refractivity contribution is 9.10. The van der Waals surface area contributed by atoms with Crippen LogP contribution in [0.3, 0.4) is 0 Å². The number of ketones is 1. The molecule has 0 N–H and O–H groups in total. The van der Waals surface area contributed by atoms with E-state index in [-0.39, 0.29) is 4.83 Å². The molecule has 1 aliphatic carbocycles. The van der Waals surface area contributed by atoms with Crippen molar-refractivity contribution in [3.8, 4) is 0 Å². The van der Waals surface area contributed by atoms with Crippen molar-refractivity contribution < 1.29 is 4.79 Å². The van der Waals surface area contributed by atoms with E-state index in [9.17, 15) is 4.79 Å². The lowest BCUT2D eigenvalue weighted by molar-refractivity contribution is -0.119. The highest BCUT2D eigenvalue weighted by atomic mass is 79.9. The predicted molar refractivity (Wildman–Crippen MR) is 36.1 cm³/mol. The number of hydrogen-bond donors (Lipinski definition) is 0. The van der Waals surface area contributed by atoms with Gasteiger partial charge in [0, 0.05) is 5.92 Å². The third-order valence-electron chi connectivity index (χ3n) is 1.37. The first-order chi connectivity index (χ1) is 3.72. The molecule has 1 saturated carbocycles. The van der Waals surface area contributed by atoms with Crippen molar-refractivity contribution in [1.82, 2.24) is 0 Å². The fourth-order valence-corrected chi connectivity index (χ4v) is 1.07. The third-order valence-corrected chi connectivity index (χ3v) is 1.82. The molecule has 0 unspecified atom stereocenters. The van der Waals surface area contributed by atoms with Crippen LogP contribution in [0.15, 0.2) is 0 Å². The van der Waals surface area contributed by atoms with Gasteiger partial charge in [0.05, 0.1) is 4.83 Å². The molecule has 1 fully saturated rings. The summed E-state index contributed by atoms with van der Waals surface area (Å²) in [6.07, 6.45) is 2.24. The molecule has 8 heavy (non-hydrogen) atoms. The number of carbonyl (C=O) groups is 1. The van der Waals surface area contributed by atoms with Gasteiger partial charge in [-0.05, 0) is 19.8 Å². The lowest BCUT2D eigenvalue weighted by Crippen LogP contribution is -2.10. The number of alkyl halides is 1. The van der Waals surface area contributed by atoms with Crippen molar-refractivity contribution >= 4 is 21.7 Å². The molecule has 0 radical (unpaired) electrons. The lowest BCUT2D eigenvalue weighted by Gasteiger charge is -1.96. The van der Waals surface area contributed by atoms with Crippen LogP contribution in [0.1, 0.15) is 19.8 Å². The quantitative estimate of drug-likeness (QED) is 0.587. The molecule has 0 spiro atoms. The predicted octanol–water partition coefficient (Wildman–Crippen LogP) is 1.75. The number of rotatable bonds is 2. The molecule has 0 aromatic rings. The van der Waals surface area contributed by atoms with Crippen LogP contribution in [0.2, 0.25) is 0 Å². The summed E-state index contributed by atoms with van der Waals surface area (Å²) >= 11 is 3.23. The van der Waals surface area contributed by atoms with Crippen LogP contribution >= 0.6 is 15.9 Å². The van der Waals surface area contributed by atoms with Crippen LogP contribution in [0.25, 0.3) is 0 Å². The topological polar surface area (TPSA) is 17.1 Å². The van der Waals surface area contributed by atoms with E-state index in [2.05, 4.69) is 15.9 Å². The zero-order valence-electron chi connectivity index (χ0n) is 4.86. The van der Waals surface area contributed by atoms with Crippen molar-refractivity contribution in [1.29, 1.82) is 0 Å². The first kappa shape index (κ1) is 6.27. The molecule has 1 rings (SSSR count). The Labute approximate surface area is 57.6 Å². The lowest BCUT2D eigenvalue weighted by atomic mass is 10.2. The number of Topliss-reactive ketones (excluding diaryl/α,β-unsaturated/α-hetero) is 1. The standard InChI is InChI=1S/C6H9BrO/c1-4(7)6(8)5-2-3-5/h4-5H,2-3H2,1H3/t4-/m0/s1. The van der Waals surface area contributed by atoms with Gasteiger partial charge in [0.25, 0.3) is 0 Å². The summed E-state index contributed by atoms with van der Waals surface area (Å²) < 4.78 is 0. The molecule has 1 aliphatic rings. The Morgan fingerprint density at radius 2 is 2.25 bits per heavy atom. The van der Waals surface area contributed by atoms with Gasteiger partial charge in [-0.2, -0.15) is 0 Å². The molecule has 2 heteroatoms. The van der Waals surface area contributed by atoms with Gasteiger partial charge in [-0.25, -0.2) is 0 Å². The summed E-state index contributed by atoms with van der Waals surface area (Å²) in [5, 5.41) is 0. The Kier molecular flexibility index (Phi) is 1.71. The van der Waals surface area contributed by atoms with Crippen LogP contribution in [0.5, 0.6) is 0 Å². The van der Waals surface area contributed by atoms with Gasteiger partial charge in [-0.15, -0.1) is 0 Å². The average Bonchev–Trinajstić information content (AvgIpc) is 2.43. The number of hydrogen-bond acceptors (Lipinski definition) is 1. The van der Waals surface area contributed by atoms with Crippen molar-refractivity contribution in [2.24, 2.45) is 5.92 Å². The molecule has 0 heterocycles. The Balaban J connectivity index is 2.33. The molecule has 0 amide bonds. The van der Waals surface area contributed by atoms with Crippen LogP contribution in [-0.4, -0.2) is 10.6 Å². The minimum Gasteiger partial charge on any atom is -0.298 e. The van der Waals surface area contributed by atoms with E-state index in [1.807, 2.05) is 6.92 Å². The van der Waals surface area contributed by atoms with Crippen LogP contribution in [0, 0.1) is 5.92 Å². The summed E-state index contributed by atoms with van der Waals surface area (Å²) in [6, 6.07) is 0. The molecule has 1 atom stereocenters. The van der Waals surface area contributed by atoms with Gasteiger partial charge in [-0.3, -0.25) is 4.79 Å². The number of halogens is 1. The molecule has 46 valence electrons. The maximum Gasteiger partial charge on any atom is 0.149 e. The molecule has 0 aromatic carbocycles. The second-order valence-electron chi connectivity index (χ2n) is 2.29. The molecule has 0 bridgehead atoms. The van der Waals surface area contributed by atoms with E-state index in [0.29, 0.717) is 11.7 Å². The summed E-state index contributed by atoms with van der Waals surface area (Å²) in [5.41, 5.74) is 0. The minimum absolute atomic E-state index is 0.0787. The second-order valence-corrected chi connectivity index (χ2v) is 3.67. The molecule has 0 aromatic heterocycles. The Morgan fingerprint density at radius 1 is 1.75 bits per heavy atom. The van der Waals surface area contributed by atoms with Crippen LogP contribution in [0.4, 0.5) is 0 Å². The van der Waals surface area contributed by atoms with E-state index >= 15 is 0 Å². The SMILES string of the molecule is C[C@H](Br)C(=O)C1CC1. The fraction of sp³-hybridized carbons (Fsp3) is 0.833. The first-order valence-electron chi connectivity index (χ1n) is 2.89. The molecule has 0 saturated heterocycles. The second kappa shape index (κ2) is 2.18. The average molecular weight is 177 g/mol. The van der Waals surface area contributed by atoms with E-state index in [0.717, 1.165) is 12.8 Å². The van der Waals surface area contributed by atoms with E-state index in [1.165, 1.54) is 0 Å². The van der Waals surface area contributed by atoms with Gasteiger partial charge < -0.3 is 0 Å². The third kappa shape index (κ3) is 1.31. The number of carbonyl (C=O) groups excluding carboxylic acids is 1. The van der Waals surface area contributed by atoms with Gasteiger partial charge in [0.2, 0.25) is 0 Å². The highest BCUT2D eigenvalue weighted by Gasteiger charge is 2.31. The maximum absolute atomic E-state index is 10.9. The van der Waals surface area contributed by atoms with Crippen molar-refractivity contribution in [3.05, 3.63) is 0 Å². The van der Waals surface area contributed by atoms with E-state index in [4.69, 9.17) is 0 Å².